The van der Waals surface area contributed by atoms with Gasteiger partial charge in [-0.05, 0) is 61.2 Å². The average Bonchev–Trinajstić information content (AvgIpc) is 3.44. The number of benzene rings is 3. The molecule has 206 valence electrons. The number of carbonyl (C=O) groups excluding carboxylic acids is 2. The Morgan fingerprint density at radius 2 is 1.56 bits per heavy atom. The van der Waals surface area contributed by atoms with Gasteiger partial charge in [0.1, 0.15) is 11.8 Å². The van der Waals surface area contributed by atoms with E-state index in [-0.39, 0.29) is 30.8 Å². The van der Waals surface area contributed by atoms with Gasteiger partial charge in [0, 0.05) is 46.1 Å². The molecule has 1 atom stereocenters. The molecule has 1 saturated carbocycles. The van der Waals surface area contributed by atoms with Gasteiger partial charge in [0.15, 0.2) is 0 Å². The average molecular weight is 588 g/mol. The molecular formula is C31H33Cl3N2O3. The van der Waals surface area contributed by atoms with Crippen LogP contribution < -0.4 is 10.1 Å². The lowest BCUT2D eigenvalue weighted by molar-refractivity contribution is -0.141. The minimum Gasteiger partial charge on any atom is -0.494 e. The minimum atomic E-state index is -0.718. The lowest BCUT2D eigenvalue weighted by Gasteiger charge is -2.33. The van der Waals surface area contributed by atoms with Crippen molar-refractivity contribution in [1.29, 1.82) is 0 Å². The smallest absolute Gasteiger partial charge is 0.243 e. The van der Waals surface area contributed by atoms with E-state index < -0.39 is 6.04 Å². The van der Waals surface area contributed by atoms with E-state index in [2.05, 4.69) is 5.32 Å². The zero-order valence-corrected chi connectivity index (χ0v) is 24.0. The Morgan fingerprint density at radius 3 is 2.23 bits per heavy atom. The Balaban J connectivity index is 1.55. The van der Waals surface area contributed by atoms with Crippen LogP contribution in [0.3, 0.4) is 0 Å². The molecule has 1 fully saturated rings. The maximum Gasteiger partial charge on any atom is 0.243 e. The van der Waals surface area contributed by atoms with Crippen molar-refractivity contribution < 1.29 is 14.3 Å². The number of nitrogens with one attached hydrogen (secondary N) is 1. The Bertz CT molecular complexity index is 1210. The highest BCUT2D eigenvalue weighted by atomic mass is 35.5. The van der Waals surface area contributed by atoms with E-state index >= 15 is 0 Å². The summed E-state index contributed by atoms with van der Waals surface area (Å²) in [6.45, 7) is 0.483. The first-order chi connectivity index (χ1) is 18.9. The standard InChI is InChI=1S/C31H33Cl3N2O3/c32-23-15-17-25(18-16-23)39-19-7-14-30(37)36(21-26-27(33)12-6-13-28(26)34)29(20-22-8-2-1-3-9-22)31(38)35-24-10-4-5-11-24/h1-3,6,8-9,12-13,15-18,24,29H,4-5,7,10-11,14,19-21H2,(H,35,38). The zero-order valence-electron chi connectivity index (χ0n) is 21.8. The van der Waals surface area contributed by atoms with Gasteiger partial charge in [0.25, 0.3) is 0 Å². The van der Waals surface area contributed by atoms with Crippen LogP contribution in [0.2, 0.25) is 15.1 Å². The first-order valence-corrected chi connectivity index (χ1v) is 14.5. The number of carbonyl (C=O) groups is 2. The van der Waals surface area contributed by atoms with Crippen LogP contribution in [0, 0.1) is 0 Å². The summed E-state index contributed by atoms with van der Waals surface area (Å²) in [6, 6.07) is 21.5. The summed E-state index contributed by atoms with van der Waals surface area (Å²) in [5.41, 5.74) is 1.59. The van der Waals surface area contributed by atoms with Crippen LogP contribution >= 0.6 is 34.8 Å². The van der Waals surface area contributed by atoms with E-state index in [1.807, 2.05) is 30.3 Å². The monoisotopic (exact) mass is 586 g/mol. The second kappa shape index (κ2) is 14.6. The molecule has 0 heterocycles. The van der Waals surface area contributed by atoms with Crippen molar-refractivity contribution in [3.8, 4) is 5.75 Å². The van der Waals surface area contributed by atoms with Crippen LogP contribution in [0.5, 0.6) is 5.75 Å². The van der Waals surface area contributed by atoms with Gasteiger partial charge in [-0.25, -0.2) is 0 Å². The fraction of sp³-hybridized carbons (Fsp3) is 0.355. The van der Waals surface area contributed by atoms with E-state index in [1.54, 1.807) is 47.4 Å². The molecule has 4 rings (SSSR count). The second-order valence-corrected chi connectivity index (χ2v) is 11.1. The van der Waals surface area contributed by atoms with Crippen molar-refractivity contribution in [2.45, 2.75) is 63.6 Å². The van der Waals surface area contributed by atoms with Crippen molar-refractivity contribution in [3.05, 3.63) is 99.0 Å². The normalized spacial score (nSPS) is 14.1. The summed E-state index contributed by atoms with van der Waals surface area (Å²) in [4.78, 5) is 29.2. The molecule has 0 bridgehead atoms. The Morgan fingerprint density at radius 1 is 0.897 bits per heavy atom. The highest BCUT2D eigenvalue weighted by Crippen LogP contribution is 2.28. The first kappa shape index (κ1) is 29.3. The summed E-state index contributed by atoms with van der Waals surface area (Å²) in [6.07, 6.45) is 5.18. The lowest BCUT2D eigenvalue weighted by Crippen LogP contribution is -2.52. The molecule has 0 saturated heterocycles. The Labute approximate surface area is 245 Å². The van der Waals surface area contributed by atoms with Gasteiger partial charge >= 0.3 is 0 Å². The predicted molar refractivity (Wildman–Crippen MR) is 158 cm³/mol. The van der Waals surface area contributed by atoms with Gasteiger partial charge in [-0.1, -0.05) is 84.0 Å². The molecule has 1 N–H and O–H groups in total. The second-order valence-electron chi connectivity index (χ2n) is 9.82. The minimum absolute atomic E-state index is 0.129. The van der Waals surface area contributed by atoms with Crippen molar-refractivity contribution >= 4 is 46.6 Å². The molecule has 0 aliphatic heterocycles. The van der Waals surface area contributed by atoms with Gasteiger partial charge in [-0.15, -0.1) is 0 Å². The third kappa shape index (κ3) is 8.63. The molecule has 8 heteroatoms. The molecule has 0 aromatic heterocycles. The molecule has 3 aromatic rings. The summed E-state index contributed by atoms with van der Waals surface area (Å²) in [5, 5.41) is 4.76. The third-order valence-electron chi connectivity index (χ3n) is 6.98. The molecule has 0 spiro atoms. The highest BCUT2D eigenvalue weighted by Gasteiger charge is 2.32. The van der Waals surface area contributed by atoms with Gasteiger partial charge in [-0.3, -0.25) is 9.59 Å². The lowest BCUT2D eigenvalue weighted by atomic mass is 10.0. The number of hydrogen-bond donors (Lipinski definition) is 1. The van der Waals surface area contributed by atoms with E-state index in [0.717, 1.165) is 31.2 Å². The molecular weight excluding hydrogens is 555 g/mol. The van der Waals surface area contributed by atoms with Crippen molar-refractivity contribution in [3.63, 3.8) is 0 Å². The Kier molecular flexibility index (Phi) is 11.0. The van der Waals surface area contributed by atoms with Crippen LogP contribution in [0.25, 0.3) is 0 Å². The van der Waals surface area contributed by atoms with Gasteiger partial charge in [0.05, 0.1) is 6.61 Å². The zero-order chi connectivity index (χ0) is 27.6. The molecule has 5 nitrogen and oxygen atoms in total. The van der Waals surface area contributed by atoms with Crippen molar-refractivity contribution in [2.24, 2.45) is 0 Å². The number of hydrogen-bond acceptors (Lipinski definition) is 3. The molecule has 1 aliphatic carbocycles. The van der Waals surface area contributed by atoms with Crippen molar-refractivity contribution in [2.75, 3.05) is 6.61 Å². The highest BCUT2D eigenvalue weighted by molar-refractivity contribution is 6.36. The molecule has 3 aromatic carbocycles. The van der Waals surface area contributed by atoms with E-state index in [9.17, 15) is 9.59 Å². The molecule has 1 aliphatic rings. The molecule has 2 amide bonds. The largest absolute Gasteiger partial charge is 0.494 e. The van der Waals surface area contributed by atoms with Crippen molar-refractivity contribution in [1.82, 2.24) is 10.2 Å². The van der Waals surface area contributed by atoms with Gasteiger partial charge in [-0.2, -0.15) is 0 Å². The van der Waals surface area contributed by atoms with Crippen LogP contribution in [-0.4, -0.2) is 35.4 Å². The summed E-state index contributed by atoms with van der Waals surface area (Å²) in [7, 11) is 0. The SMILES string of the molecule is O=C(NC1CCCC1)C(Cc1ccccc1)N(Cc1c(Cl)cccc1Cl)C(=O)CCCOc1ccc(Cl)cc1. The maximum atomic E-state index is 13.8. The fourth-order valence-corrected chi connectivity index (χ4v) is 5.51. The summed E-state index contributed by atoms with van der Waals surface area (Å²) in [5.74, 6) is 0.373. The number of amides is 2. The van der Waals surface area contributed by atoms with E-state index in [1.165, 1.54) is 0 Å². The molecule has 0 radical (unpaired) electrons. The van der Waals surface area contributed by atoms with Gasteiger partial charge < -0.3 is 15.0 Å². The summed E-state index contributed by atoms with van der Waals surface area (Å²) < 4.78 is 5.79. The summed E-state index contributed by atoms with van der Waals surface area (Å²) >= 11 is 19.0. The molecule has 39 heavy (non-hydrogen) atoms. The first-order valence-electron chi connectivity index (χ1n) is 13.4. The third-order valence-corrected chi connectivity index (χ3v) is 7.94. The number of ether oxygens (including phenoxy) is 1. The fourth-order valence-electron chi connectivity index (χ4n) is 4.86. The maximum absolute atomic E-state index is 13.8. The van der Waals surface area contributed by atoms with Crippen LogP contribution in [0.4, 0.5) is 0 Å². The van der Waals surface area contributed by atoms with Crippen LogP contribution in [-0.2, 0) is 22.6 Å². The van der Waals surface area contributed by atoms with E-state index in [0.29, 0.717) is 45.8 Å². The number of rotatable bonds is 12. The number of nitrogens with zero attached hydrogens (tertiary/aromatic N) is 1. The molecule has 1 unspecified atom stereocenters. The van der Waals surface area contributed by atoms with Crippen LogP contribution in [0.15, 0.2) is 72.8 Å². The Hall–Kier alpha value is -2.73. The number of halogens is 3. The van der Waals surface area contributed by atoms with Crippen LogP contribution in [0.1, 0.15) is 49.7 Å². The topological polar surface area (TPSA) is 58.6 Å². The predicted octanol–water partition coefficient (Wildman–Crippen LogP) is 7.50. The quantitative estimate of drug-likeness (QED) is 0.223. The van der Waals surface area contributed by atoms with E-state index in [4.69, 9.17) is 39.5 Å². The van der Waals surface area contributed by atoms with Gasteiger partial charge in [0.2, 0.25) is 11.8 Å².